The lowest BCUT2D eigenvalue weighted by Gasteiger charge is -2.39. The minimum Gasteiger partial charge on any atom is -0.457 e. The first kappa shape index (κ1) is 28.4. The number of likely N-dealkylation sites (tertiary alicyclic amines) is 1. The molecule has 1 aliphatic heterocycles. The van der Waals surface area contributed by atoms with Crippen LogP contribution in [-0.4, -0.2) is 55.5 Å². The van der Waals surface area contributed by atoms with Crippen LogP contribution in [0, 0.1) is 0 Å². The van der Waals surface area contributed by atoms with Gasteiger partial charge in [-0.15, -0.1) is 0 Å². The average Bonchev–Trinajstić information content (AvgIpc) is 3.33. The van der Waals surface area contributed by atoms with E-state index in [-0.39, 0.29) is 8.76 Å². The maximum absolute atomic E-state index is 12.9. The highest BCUT2D eigenvalue weighted by Gasteiger charge is 2.24. The molecule has 2 aromatic carbocycles. The van der Waals surface area contributed by atoms with Gasteiger partial charge in [0.05, 0.1) is 11.0 Å². The van der Waals surface area contributed by atoms with Gasteiger partial charge in [-0.25, -0.2) is 4.98 Å². The first-order valence-corrected chi connectivity index (χ1v) is 14.9. The van der Waals surface area contributed by atoms with E-state index in [0.29, 0.717) is 35.8 Å². The molecule has 5 aromatic rings. The number of carbonyl (C=O) groups excluding carboxylic acids is 1. The van der Waals surface area contributed by atoms with Crippen LogP contribution in [0.4, 0.5) is 11.6 Å². The second-order valence-corrected chi connectivity index (χ2v) is 11.2. The number of pyridine rings is 2. The number of benzene rings is 2. The van der Waals surface area contributed by atoms with Crippen LogP contribution < -0.4 is 15.4 Å². The SMILES string of the molecule is CC1CCCC(C)N1CCNC(=O)c1cc(Oc2ccc3c(c2)nc(Nc2cccc(-c4ccncc4)c2)n3C)ccn1.[HH].[HH]. The number of amides is 1. The fraction of sp³-hybridized carbons (Fsp3) is 0.294. The van der Waals surface area contributed by atoms with Crippen molar-refractivity contribution in [2.45, 2.75) is 45.2 Å². The van der Waals surface area contributed by atoms with Crippen molar-refractivity contribution >= 4 is 28.6 Å². The van der Waals surface area contributed by atoms with Gasteiger partial charge in [-0.2, -0.15) is 0 Å². The number of aryl methyl sites for hydroxylation is 1. The molecule has 0 spiro atoms. The Morgan fingerprint density at radius 2 is 1.74 bits per heavy atom. The minimum absolute atomic E-state index is 0. The Morgan fingerprint density at radius 3 is 2.56 bits per heavy atom. The highest BCUT2D eigenvalue weighted by molar-refractivity contribution is 5.92. The maximum atomic E-state index is 12.9. The summed E-state index contributed by atoms with van der Waals surface area (Å²) < 4.78 is 8.15. The Balaban J connectivity index is 0.00000230. The lowest BCUT2D eigenvalue weighted by atomic mass is 9.98. The average molecular weight is 580 g/mol. The number of fused-ring (bicyclic) bond motifs is 1. The number of aromatic nitrogens is 4. The molecule has 9 heteroatoms. The predicted octanol–water partition coefficient (Wildman–Crippen LogP) is 7.05. The van der Waals surface area contributed by atoms with Gasteiger partial charge in [0.2, 0.25) is 5.95 Å². The molecule has 6 rings (SSSR count). The van der Waals surface area contributed by atoms with Crippen molar-refractivity contribution in [2.24, 2.45) is 7.05 Å². The molecule has 0 aliphatic carbocycles. The van der Waals surface area contributed by atoms with E-state index >= 15 is 0 Å². The summed E-state index contributed by atoms with van der Waals surface area (Å²) in [4.78, 5) is 28.5. The van der Waals surface area contributed by atoms with Gasteiger partial charge in [0.1, 0.15) is 17.2 Å². The van der Waals surface area contributed by atoms with E-state index in [0.717, 1.165) is 40.3 Å². The number of hydrogen-bond acceptors (Lipinski definition) is 7. The highest BCUT2D eigenvalue weighted by atomic mass is 16.5. The normalized spacial score (nSPS) is 17.1. The molecule has 2 N–H and O–H groups in total. The van der Waals surface area contributed by atoms with Crippen LogP contribution in [0.3, 0.4) is 0 Å². The van der Waals surface area contributed by atoms with E-state index in [2.05, 4.69) is 51.5 Å². The third-order valence-electron chi connectivity index (χ3n) is 8.22. The number of ether oxygens (including phenoxy) is 1. The van der Waals surface area contributed by atoms with Gasteiger partial charge in [0.25, 0.3) is 5.91 Å². The molecular weight excluding hydrogens is 538 g/mol. The van der Waals surface area contributed by atoms with E-state index in [1.54, 1.807) is 30.7 Å². The fourth-order valence-corrected chi connectivity index (χ4v) is 5.84. The Hall–Kier alpha value is -4.76. The van der Waals surface area contributed by atoms with E-state index in [9.17, 15) is 4.79 Å². The van der Waals surface area contributed by atoms with Crippen molar-refractivity contribution in [1.82, 2.24) is 29.7 Å². The molecule has 224 valence electrons. The van der Waals surface area contributed by atoms with Gasteiger partial charge in [0, 0.05) is 71.5 Å². The molecule has 2 unspecified atom stereocenters. The smallest absolute Gasteiger partial charge is 0.270 e. The maximum Gasteiger partial charge on any atom is 0.270 e. The van der Waals surface area contributed by atoms with Crippen molar-refractivity contribution in [3.05, 3.63) is 91.0 Å². The summed E-state index contributed by atoms with van der Waals surface area (Å²) in [6, 6.07) is 22.5. The molecule has 4 heterocycles. The zero-order valence-corrected chi connectivity index (χ0v) is 24.8. The Bertz CT molecular complexity index is 1720. The number of piperidine rings is 1. The number of imidazole rings is 1. The lowest BCUT2D eigenvalue weighted by Crippen LogP contribution is -2.47. The van der Waals surface area contributed by atoms with Crippen molar-refractivity contribution in [1.29, 1.82) is 0 Å². The highest BCUT2D eigenvalue weighted by Crippen LogP contribution is 2.29. The molecule has 9 nitrogen and oxygen atoms in total. The monoisotopic (exact) mass is 579 g/mol. The number of anilines is 2. The van der Waals surface area contributed by atoms with Gasteiger partial charge >= 0.3 is 0 Å². The van der Waals surface area contributed by atoms with Crippen molar-refractivity contribution in [3.63, 3.8) is 0 Å². The molecular formula is C34H41N7O2. The number of nitrogens with zero attached hydrogens (tertiary/aromatic N) is 5. The first-order valence-electron chi connectivity index (χ1n) is 14.9. The van der Waals surface area contributed by atoms with Crippen molar-refractivity contribution in [2.75, 3.05) is 18.4 Å². The van der Waals surface area contributed by atoms with Gasteiger partial charge < -0.3 is 19.9 Å². The molecule has 0 radical (unpaired) electrons. The summed E-state index contributed by atoms with van der Waals surface area (Å²) in [5.74, 6) is 1.68. The summed E-state index contributed by atoms with van der Waals surface area (Å²) in [5.41, 5.74) is 5.22. The van der Waals surface area contributed by atoms with Gasteiger partial charge in [-0.05, 0) is 80.3 Å². The Labute approximate surface area is 254 Å². The molecule has 1 saturated heterocycles. The van der Waals surface area contributed by atoms with Crippen molar-refractivity contribution in [3.8, 4) is 22.6 Å². The van der Waals surface area contributed by atoms with Gasteiger partial charge in [0.15, 0.2) is 0 Å². The van der Waals surface area contributed by atoms with Gasteiger partial charge in [-0.1, -0.05) is 18.6 Å². The molecule has 43 heavy (non-hydrogen) atoms. The minimum atomic E-state index is -0.202. The van der Waals surface area contributed by atoms with Crippen LogP contribution in [0.1, 0.15) is 46.5 Å². The number of nitrogens with one attached hydrogen (secondary N) is 2. The Morgan fingerprint density at radius 1 is 0.953 bits per heavy atom. The third kappa shape index (κ3) is 6.52. The van der Waals surface area contributed by atoms with Crippen LogP contribution in [-0.2, 0) is 7.05 Å². The standard InChI is InChI=1S/C34H37N7O2.2H2/c1-23-6-4-7-24(2)41(23)19-18-37-33(42)31-22-29(14-17-36-31)43-28-10-11-32-30(21-28)39-34(40(32)3)38-27-9-5-8-26(20-27)25-12-15-35-16-13-25;;/h5,8-17,20-24H,4,6-7,18-19H2,1-3H3,(H,37,42)(H,38,39);2*1H. The van der Waals surface area contributed by atoms with E-state index < -0.39 is 0 Å². The van der Waals surface area contributed by atoms with Crippen molar-refractivity contribution < 1.29 is 12.4 Å². The molecule has 0 saturated carbocycles. The third-order valence-corrected chi connectivity index (χ3v) is 8.22. The predicted molar refractivity (Wildman–Crippen MR) is 174 cm³/mol. The van der Waals surface area contributed by atoms with E-state index in [4.69, 9.17) is 9.72 Å². The summed E-state index contributed by atoms with van der Waals surface area (Å²) in [5, 5.41) is 6.47. The lowest BCUT2D eigenvalue weighted by molar-refractivity contribution is 0.0885. The molecule has 3 aromatic heterocycles. The largest absolute Gasteiger partial charge is 0.457 e. The molecule has 2 atom stereocenters. The number of hydrogen-bond donors (Lipinski definition) is 2. The van der Waals surface area contributed by atoms with Crippen LogP contribution in [0.5, 0.6) is 11.5 Å². The first-order chi connectivity index (χ1) is 20.9. The zero-order chi connectivity index (χ0) is 29.8. The van der Waals surface area contributed by atoms with Crippen LogP contribution in [0.2, 0.25) is 0 Å². The second kappa shape index (κ2) is 12.6. The fourth-order valence-electron chi connectivity index (χ4n) is 5.84. The summed E-state index contributed by atoms with van der Waals surface area (Å²) in [6.07, 6.45) is 8.88. The molecule has 1 fully saturated rings. The summed E-state index contributed by atoms with van der Waals surface area (Å²) in [6.45, 7) is 5.95. The molecule has 1 amide bonds. The van der Waals surface area contributed by atoms with Crippen LogP contribution >= 0.6 is 0 Å². The summed E-state index contributed by atoms with van der Waals surface area (Å²) in [7, 11) is 1.98. The number of rotatable bonds is 9. The number of carbonyl (C=O) groups is 1. The molecule has 0 bridgehead atoms. The zero-order valence-electron chi connectivity index (χ0n) is 24.8. The Kier molecular flexibility index (Phi) is 8.33. The quantitative estimate of drug-likeness (QED) is 0.193. The summed E-state index contributed by atoms with van der Waals surface area (Å²) >= 11 is 0. The van der Waals surface area contributed by atoms with Gasteiger partial charge in [-0.3, -0.25) is 19.7 Å². The topological polar surface area (TPSA) is 97.2 Å². The second-order valence-electron chi connectivity index (χ2n) is 11.2. The van der Waals surface area contributed by atoms with E-state index in [1.807, 2.05) is 54.1 Å². The van der Waals surface area contributed by atoms with Crippen LogP contribution in [0.25, 0.3) is 22.2 Å². The molecule has 1 aliphatic rings. The van der Waals surface area contributed by atoms with Crippen LogP contribution in [0.15, 0.2) is 85.3 Å². The van der Waals surface area contributed by atoms with E-state index in [1.165, 1.54) is 19.3 Å².